The van der Waals surface area contributed by atoms with E-state index in [0.29, 0.717) is 10.9 Å². The number of amides is 2. The Hall–Kier alpha value is -1.26. The molecule has 1 unspecified atom stereocenters. The summed E-state index contributed by atoms with van der Waals surface area (Å²) in [5.41, 5.74) is 1.74. The van der Waals surface area contributed by atoms with Crippen LogP contribution in [0.5, 0.6) is 0 Å². The van der Waals surface area contributed by atoms with Crippen LogP contribution >= 0.6 is 11.6 Å². The minimum absolute atomic E-state index is 0.0875. The van der Waals surface area contributed by atoms with E-state index < -0.39 is 0 Å². The fraction of sp³-hybridized carbons (Fsp3) is 0.533. The fourth-order valence-corrected chi connectivity index (χ4v) is 2.62. The maximum atomic E-state index is 12.1. The van der Waals surface area contributed by atoms with Crippen molar-refractivity contribution in [1.29, 1.82) is 0 Å². The van der Waals surface area contributed by atoms with Crippen molar-refractivity contribution in [2.24, 2.45) is 5.92 Å². The van der Waals surface area contributed by atoms with Crippen molar-refractivity contribution in [2.75, 3.05) is 32.0 Å². The Bertz CT molecular complexity index is 472. The predicted molar refractivity (Wildman–Crippen MR) is 83.4 cm³/mol. The molecule has 1 saturated heterocycles. The number of piperidine rings is 1. The zero-order valence-corrected chi connectivity index (χ0v) is 12.8. The summed E-state index contributed by atoms with van der Waals surface area (Å²) in [4.78, 5) is 13.9. The summed E-state index contributed by atoms with van der Waals surface area (Å²) >= 11 is 6.06. The van der Waals surface area contributed by atoms with Gasteiger partial charge in [-0.3, -0.25) is 0 Å². The second kappa shape index (κ2) is 6.95. The lowest BCUT2D eigenvalue weighted by Crippen LogP contribution is -2.40. The highest BCUT2D eigenvalue weighted by Gasteiger charge is 2.18. The molecule has 1 heterocycles. The van der Waals surface area contributed by atoms with E-state index >= 15 is 0 Å². The second-order valence-corrected chi connectivity index (χ2v) is 5.89. The lowest BCUT2D eigenvalue weighted by atomic mass is 9.99. The molecule has 20 heavy (non-hydrogen) atoms. The highest BCUT2D eigenvalue weighted by Crippen LogP contribution is 2.20. The van der Waals surface area contributed by atoms with E-state index in [1.165, 1.54) is 12.8 Å². The number of carbonyl (C=O) groups is 1. The van der Waals surface area contributed by atoms with Crippen LogP contribution in [0.4, 0.5) is 10.5 Å². The summed E-state index contributed by atoms with van der Waals surface area (Å²) in [5, 5.41) is 6.92. The molecule has 0 aromatic heterocycles. The molecule has 0 aliphatic carbocycles. The molecule has 0 saturated carbocycles. The first-order valence-corrected chi connectivity index (χ1v) is 7.43. The molecule has 0 radical (unpaired) electrons. The first-order valence-electron chi connectivity index (χ1n) is 7.05. The Morgan fingerprint density at radius 1 is 1.55 bits per heavy atom. The number of anilines is 1. The molecule has 1 fully saturated rings. The van der Waals surface area contributed by atoms with Gasteiger partial charge in [-0.05, 0) is 56.5 Å². The highest BCUT2D eigenvalue weighted by molar-refractivity contribution is 6.31. The molecule has 1 aliphatic rings. The standard InChI is InChI=1S/C15H22ClN3O/c1-11-5-6-13(8-14(11)16)18-15(20)19(2)10-12-4-3-7-17-9-12/h5-6,8,12,17H,3-4,7,9-10H2,1-2H3,(H,18,20). The van der Waals surface area contributed by atoms with Crippen LogP contribution in [0, 0.1) is 12.8 Å². The van der Waals surface area contributed by atoms with Gasteiger partial charge in [0, 0.05) is 24.3 Å². The van der Waals surface area contributed by atoms with Crippen LogP contribution in [0.1, 0.15) is 18.4 Å². The van der Waals surface area contributed by atoms with Crippen molar-refractivity contribution in [3.8, 4) is 0 Å². The number of benzene rings is 1. The number of carbonyl (C=O) groups excluding carboxylic acids is 1. The summed E-state index contributed by atoms with van der Waals surface area (Å²) in [7, 11) is 1.83. The molecule has 2 N–H and O–H groups in total. The Morgan fingerprint density at radius 2 is 2.35 bits per heavy atom. The van der Waals surface area contributed by atoms with E-state index in [9.17, 15) is 4.79 Å². The normalized spacial score (nSPS) is 18.6. The molecular formula is C15H22ClN3O. The first-order chi connectivity index (χ1) is 9.56. The van der Waals surface area contributed by atoms with Crippen molar-refractivity contribution in [3.05, 3.63) is 28.8 Å². The third-order valence-electron chi connectivity index (χ3n) is 3.70. The van der Waals surface area contributed by atoms with E-state index in [1.54, 1.807) is 11.0 Å². The van der Waals surface area contributed by atoms with E-state index in [2.05, 4.69) is 10.6 Å². The molecular weight excluding hydrogens is 274 g/mol. The van der Waals surface area contributed by atoms with Gasteiger partial charge in [0.15, 0.2) is 0 Å². The summed E-state index contributed by atoms with van der Waals surface area (Å²) < 4.78 is 0. The first kappa shape index (κ1) is 15.1. The Labute approximate surface area is 125 Å². The average Bonchev–Trinajstić information content (AvgIpc) is 2.44. The maximum Gasteiger partial charge on any atom is 0.321 e. The van der Waals surface area contributed by atoms with Gasteiger partial charge < -0.3 is 15.5 Å². The van der Waals surface area contributed by atoms with Crippen LogP contribution in [-0.2, 0) is 0 Å². The Kier molecular flexibility index (Phi) is 5.26. The summed E-state index contributed by atoms with van der Waals surface area (Å²) in [6.45, 7) is 4.80. The van der Waals surface area contributed by atoms with Gasteiger partial charge in [-0.2, -0.15) is 0 Å². The molecule has 0 spiro atoms. The average molecular weight is 296 g/mol. The molecule has 1 aliphatic heterocycles. The van der Waals surface area contributed by atoms with Gasteiger partial charge in [0.25, 0.3) is 0 Å². The van der Waals surface area contributed by atoms with Crippen molar-refractivity contribution >= 4 is 23.3 Å². The molecule has 110 valence electrons. The second-order valence-electron chi connectivity index (χ2n) is 5.49. The molecule has 0 bridgehead atoms. The predicted octanol–water partition coefficient (Wildman–Crippen LogP) is 3.11. The van der Waals surface area contributed by atoms with Gasteiger partial charge in [-0.25, -0.2) is 4.79 Å². The third-order valence-corrected chi connectivity index (χ3v) is 4.11. The number of nitrogens with one attached hydrogen (secondary N) is 2. The van der Waals surface area contributed by atoms with Crippen LogP contribution in [0.3, 0.4) is 0 Å². The number of hydrogen-bond donors (Lipinski definition) is 2. The quantitative estimate of drug-likeness (QED) is 0.900. The van der Waals surface area contributed by atoms with Crippen LogP contribution in [0.2, 0.25) is 5.02 Å². The zero-order valence-electron chi connectivity index (χ0n) is 12.1. The molecule has 5 heteroatoms. The number of nitrogens with zero attached hydrogens (tertiary/aromatic N) is 1. The van der Waals surface area contributed by atoms with Gasteiger partial charge in [0.1, 0.15) is 0 Å². The lowest BCUT2D eigenvalue weighted by Gasteiger charge is -2.27. The number of rotatable bonds is 3. The van der Waals surface area contributed by atoms with Crippen LogP contribution in [0.25, 0.3) is 0 Å². The summed E-state index contributed by atoms with van der Waals surface area (Å²) in [5.74, 6) is 0.543. The minimum Gasteiger partial charge on any atom is -0.327 e. The minimum atomic E-state index is -0.0875. The maximum absolute atomic E-state index is 12.1. The van der Waals surface area contributed by atoms with Crippen molar-refractivity contribution in [1.82, 2.24) is 10.2 Å². The highest BCUT2D eigenvalue weighted by atomic mass is 35.5. The van der Waals surface area contributed by atoms with Gasteiger partial charge in [-0.15, -0.1) is 0 Å². The topological polar surface area (TPSA) is 44.4 Å². The largest absolute Gasteiger partial charge is 0.327 e. The van der Waals surface area contributed by atoms with Gasteiger partial charge in [-0.1, -0.05) is 17.7 Å². The number of halogens is 1. The molecule has 2 rings (SSSR count). The monoisotopic (exact) mass is 295 g/mol. The summed E-state index contributed by atoms with van der Waals surface area (Å²) in [6.07, 6.45) is 2.37. The van der Waals surface area contributed by atoms with Crippen LogP contribution < -0.4 is 10.6 Å². The molecule has 1 aromatic rings. The van der Waals surface area contributed by atoms with Crippen molar-refractivity contribution in [3.63, 3.8) is 0 Å². The van der Waals surface area contributed by atoms with E-state index in [4.69, 9.17) is 11.6 Å². The molecule has 4 nitrogen and oxygen atoms in total. The SMILES string of the molecule is Cc1ccc(NC(=O)N(C)CC2CCCNC2)cc1Cl. The lowest BCUT2D eigenvalue weighted by molar-refractivity contribution is 0.207. The number of hydrogen-bond acceptors (Lipinski definition) is 2. The van der Waals surface area contributed by atoms with Gasteiger partial charge in [0.2, 0.25) is 0 Å². The Morgan fingerprint density at radius 3 is 3.00 bits per heavy atom. The smallest absolute Gasteiger partial charge is 0.321 e. The van der Waals surface area contributed by atoms with Gasteiger partial charge in [0.05, 0.1) is 0 Å². The van der Waals surface area contributed by atoms with Crippen molar-refractivity contribution < 1.29 is 4.79 Å². The molecule has 1 aromatic carbocycles. The summed E-state index contributed by atoms with van der Waals surface area (Å²) in [6, 6.07) is 5.47. The van der Waals surface area contributed by atoms with E-state index in [1.807, 2.05) is 26.1 Å². The third kappa shape index (κ3) is 4.12. The van der Waals surface area contributed by atoms with E-state index in [0.717, 1.165) is 30.9 Å². The number of urea groups is 1. The Balaban J connectivity index is 1.88. The van der Waals surface area contributed by atoms with Crippen molar-refractivity contribution in [2.45, 2.75) is 19.8 Å². The fourth-order valence-electron chi connectivity index (χ4n) is 2.44. The van der Waals surface area contributed by atoms with E-state index in [-0.39, 0.29) is 6.03 Å². The van der Waals surface area contributed by atoms with Crippen LogP contribution in [0.15, 0.2) is 18.2 Å². The zero-order chi connectivity index (χ0) is 14.5. The van der Waals surface area contributed by atoms with Crippen LogP contribution in [-0.4, -0.2) is 37.6 Å². The number of aryl methyl sites for hydroxylation is 1. The molecule has 2 amide bonds. The molecule has 1 atom stereocenters. The van der Waals surface area contributed by atoms with Gasteiger partial charge >= 0.3 is 6.03 Å².